The largest absolute Gasteiger partial charge is 0.454 e. The minimum atomic E-state index is -0.366. The first-order chi connectivity index (χ1) is 9.99. The van der Waals surface area contributed by atoms with E-state index in [1.165, 1.54) is 12.1 Å². The van der Waals surface area contributed by atoms with Gasteiger partial charge in [0.2, 0.25) is 0 Å². The molecule has 0 amide bonds. The molecule has 0 aliphatic carbocycles. The first kappa shape index (κ1) is 15.9. The van der Waals surface area contributed by atoms with E-state index in [1.54, 1.807) is 12.3 Å². The molecule has 2 rings (SSSR count). The van der Waals surface area contributed by atoms with Crippen LogP contribution in [0, 0.1) is 5.82 Å². The maximum atomic E-state index is 13.4. The molecule has 6 heteroatoms. The first-order valence-electron chi connectivity index (χ1n) is 6.64. The molecule has 0 radical (unpaired) electrons. The summed E-state index contributed by atoms with van der Waals surface area (Å²) in [7, 11) is 1.83. The van der Waals surface area contributed by atoms with Gasteiger partial charge in [-0.15, -0.1) is 0 Å². The zero-order chi connectivity index (χ0) is 15.4. The van der Waals surface area contributed by atoms with Crippen LogP contribution in [0.25, 0.3) is 0 Å². The Hall–Kier alpha value is -1.53. The summed E-state index contributed by atoms with van der Waals surface area (Å²) >= 11 is 3.24. The lowest BCUT2D eigenvalue weighted by molar-refractivity contribution is 0.459. The van der Waals surface area contributed by atoms with Gasteiger partial charge in [-0.3, -0.25) is 0 Å². The molecule has 0 saturated carbocycles. The van der Waals surface area contributed by atoms with Crippen molar-refractivity contribution in [2.24, 2.45) is 0 Å². The van der Waals surface area contributed by atoms with Gasteiger partial charge in [0.25, 0.3) is 0 Å². The van der Waals surface area contributed by atoms with Crippen molar-refractivity contribution in [3.63, 3.8) is 0 Å². The second-order valence-electron chi connectivity index (χ2n) is 4.93. The van der Waals surface area contributed by atoms with Crippen LogP contribution in [0.3, 0.4) is 0 Å². The van der Waals surface area contributed by atoms with Crippen molar-refractivity contribution in [1.29, 1.82) is 0 Å². The SMILES string of the molecule is CNCc1nc(C(C)C)ncc1Oc1cc(F)cc(Br)c1. The molecule has 4 nitrogen and oxygen atoms in total. The van der Waals surface area contributed by atoms with Crippen molar-refractivity contribution in [3.8, 4) is 11.5 Å². The monoisotopic (exact) mass is 353 g/mol. The van der Waals surface area contributed by atoms with Crippen LogP contribution in [0.5, 0.6) is 11.5 Å². The van der Waals surface area contributed by atoms with Crippen LogP contribution in [0.4, 0.5) is 4.39 Å². The Bertz CT molecular complexity index is 614. The molecule has 112 valence electrons. The predicted octanol–water partition coefficient (Wildman–Crippen LogP) is 4.01. The van der Waals surface area contributed by atoms with Crippen molar-refractivity contribution in [1.82, 2.24) is 15.3 Å². The van der Waals surface area contributed by atoms with Crippen molar-refractivity contribution < 1.29 is 9.13 Å². The number of benzene rings is 1. The van der Waals surface area contributed by atoms with Gasteiger partial charge in [-0.25, -0.2) is 14.4 Å². The highest BCUT2D eigenvalue weighted by Gasteiger charge is 2.12. The molecule has 1 N–H and O–H groups in total. The smallest absolute Gasteiger partial charge is 0.168 e. The number of nitrogens with zero attached hydrogens (tertiary/aromatic N) is 2. The normalized spacial score (nSPS) is 11.0. The third-order valence-corrected chi connectivity index (χ3v) is 3.23. The molecule has 1 aromatic heterocycles. The fourth-order valence-corrected chi connectivity index (χ4v) is 2.24. The summed E-state index contributed by atoms with van der Waals surface area (Å²) < 4.78 is 19.7. The van der Waals surface area contributed by atoms with Gasteiger partial charge < -0.3 is 10.1 Å². The Labute approximate surface area is 131 Å². The van der Waals surface area contributed by atoms with Crippen molar-refractivity contribution in [2.45, 2.75) is 26.3 Å². The molecule has 2 aromatic rings. The van der Waals surface area contributed by atoms with Crippen LogP contribution in [0.2, 0.25) is 0 Å². The Kier molecular flexibility index (Phi) is 5.25. The van der Waals surface area contributed by atoms with E-state index < -0.39 is 0 Å². The minimum Gasteiger partial charge on any atom is -0.454 e. The van der Waals surface area contributed by atoms with E-state index in [9.17, 15) is 4.39 Å². The Morgan fingerprint density at radius 2 is 2.10 bits per heavy atom. The third kappa shape index (κ3) is 4.22. The highest BCUT2D eigenvalue weighted by atomic mass is 79.9. The highest BCUT2D eigenvalue weighted by molar-refractivity contribution is 9.10. The summed E-state index contributed by atoms with van der Waals surface area (Å²) in [6.07, 6.45) is 1.63. The van der Waals surface area contributed by atoms with Crippen LogP contribution in [-0.4, -0.2) is 17.0 Å². The number of aromatic nitrogens is 2. The zero-order valence-electron chi connectivity index (χ0n) is 12.2. The van der Waals surface area contributed by atoms with Gasteiger partial charge in [-0.2, -0.15) is 0 Å². The van der Waals surface area contributed by atoms with Crippen molar-refractivity contribution >= 4 is 15.9 Å². The third-order valence-electron chi connectivity index (χ3n) is 2.77. The van der Waals surface area contributed by atoms with E-state index in [0.29, 0.717) is 22.5 Å². The fraction of sp³-hybridized carbons (Fsp3) is 0.333. The molecule has 0 aliphatic heterocycles. The number of hydrogen-bond donors (Lipinski definition) is 1. The van der Waals surface area contributed by atoms with E-state index >= 15 is 0 Å². The number of nitrogens with one attached hydrogen (secondary N) is 1. The molecule has 0 bridgehead atoms. The molecule has 21 heavy (non-hydrogen) atoms. The molecule has 0 spiro atoms. The lowest BCUT2D eigenvalue weighted by atomic mass is 10.2. The van der Waals surface area contributed by atoms with Crippen LogP contribution in [-0.2, 0) is 6.54 Å². The van der Waals surface area contributed by atoms with E-state index in [2.05, 4.69) is 31.2 Å². The summed E-state index contributed by atoms with van der Waals surface area (Å²) in [4.78, 5) is 8.79. The second-order valence-corrected chi connectivity index (χ2v) is 5.85. The summed E-state index contributed by atoms with van der Waals surface area (Å²) in [5.74, 6) is 1.55. The summed E-state index contributed by atoms with van der Waals surface area (Å²) in [5, 5.41) is 3.05. The van der Waals surface area contributed by atoms with Crippen LogP contribution in [0.1, 0.15) is 31.3 Å². The molecular formula is C15H17BrFN3O. The van der Waals surface area contributed by atoms with E-state index in [4.69, 9.17) is 4.74 Å². The number of rotatable bonds is 5. The summed E-state index contributed by atoms with van der Waals surface area (Å²) in [5.41, 5.74) is 0.747. The number of hydrogen-bond acceptors (Lipinski definition) is 4. The summed E-state index contributed by atoms with van der Waals surface area (Å²) in [6.45, 7) is 4.61. The van der Waals surface area contributed by atoms with Gasteiger partial charge in [0.05, 0.1) is 6.20 Å². The maximum Gasteiger partial charge on any atom is 0.168 e. The molecule has 1 aromatic carbocycles. The quantitative estimate of drug-likeness (QED) is 0.881. The minimum absolute atomic E-state index is 0.234. The van der Waals surface area contributed by atoms with Crippen LogP contribution >= 0.6 is 15.9 Å². The average molecular weight is 354 g/mol. The van der Waals surface area contributed by atoms with E-state index in [-0.39, 0.29) is 11.7 Å². The Morgan fingerprint density at radius 3 is 2.71 bits per heavy atom. The fourth-order valence-electron chi connectivity index (χ4n) is 1.79. The van der Waals surface area contributed by atoms with Crippen molar-refractivity contribution in [2.75, 3.05) is 7.05 Å². The Morgan fingerprint density at radius 1 is 1.33 bits per heavy atom. The zero-order valence-corrected chi connectivity index (χ0v) is 13.7. The summed E-state index contributed by atoms with van der Waals surface area (Å²) in [6, 6.07) is 4.40. The molecule has 0 atom stereocenters. The molecular weight excluding hydrogens is 337 g/mol. The lowest BCUT2D eigenvalue weighted by Crippen LogP contribution is -2.11. The average Bonchev–Trinajstić information content (AvgIpc) is 2.39. The van der Waals surface area contributed by atoms with Gasteiger partial charge in [0.15, 0.2) is 5.75 Å². The van der Waals surface area contributed by atoms with Gasteiger partial charge in [0.1, 0.15) is 23.1 Å². The number of ether oxygens (including phenoxy) is 1. The van der Waals surface area contributed by atoms with Crippen LogP contribution < -0.4 is 10.1 Å². The number of halogens is 2. The van der Waals surface area contributed by atoms with Gasteiger partial charge in [-0.05, 0) is 19.2 Å². The van der Waals surface area contributed by atoms with E-state index in [1.807, 2.05) is 20.9 Å². The molecule has 0 saturated heterocycles. The van der Waals surface area contributed by atoms with Gasteiger partial charge in [-0.1, -0.05) is 29.8 Å². The Balaban J connectivity index is 2.33. The van der Waals surface area contributed by atoms with Gasteiger partial charge in [0, 0.05) is 23.0 Å². The topological polar surface area (TPSA) is 47.0 Å². The van der Waals surface area contributed by atoms with Crippen molar-refractivity contribution in [3.05, 3.63) is 46.2 Å². The maximum absolute atomic E-state index is 13.4. The second kappa shape index (κ2) is 6.95. The standard InChI is InChI=1S/C15H17BrFN3O/c1-9(2)15-19-8-14(13(20-15)7-18-3)21-12-5-10(16)4-11(17)6-12/h4-6,8-9,18H,7H2,1-3H3. The predicted molar refractivity (Wildman–Crippen MR) is 83.1 cm³/mol. The van der Waals surface area contributed by atoms with Gasteiger partial charge >= 0.3 is 0 Å². The molecule has 0 unspecified atom stereocenters. The lowest BCUT2D eigenvalue weighted by Gasteiger charge is -2.12. The molecule has 1 heterocycles. The molecule has 0 aliphatic rings. The molecule has 0 fully saturated rings. The highest BCUT2D eigenvalue weighted by Crippen LogP contribution is 2.28. The van der Waals surface area contributed by atoms with E-state index in [0.717, 1.165) is 11.5 Å². The van der Waals surface area contributed by atoms with Crippen LogP contribution in [0.15, 0.2) is 28.9 Å². The first-order valence-corrected chi connectivity index (χ1v) is 7.43.